The topological polar surface area (TPSA) is 43.6 Å². The summed E-state index contributed by atoms with van der Waals surface area (Å²) in [4.78, 5) is 0. The molecule has 0 aliphatic carbocycles. The minimum atomic E-state index is 0.822. The van der Waals surface area contributed by atoms with Gasteiger partial charge in [-0.2, -0.15) is 0 Å². The number of aromatic nitrogens is 4. The Kier molecular flexibility index (Phi) is 1.23. The Labute approximate surface area is 58.5 Å². The minimum Gasteiger partial charge on any atom is -0.226 e. The number of tetrazole rings is 1. The van der Waals surface area contributed by atoms with E-state index in [0.717, 1.165) is 25.2 Å². The van der Waals surface area contributed by atoms with Crippen molar-refractivity contribution >= 4 is 0 Å². The van der Waals surface area contributed by atoms with Crippen LogP contribution in [0.3, 0.4) is 0 Å². The van der Waals surface area contributed by atoms with Gasteiger partial charge in [0.1, 0.15) is 0 Å². The molecule has 4 heteroatoms. The van der Waals surface area contributed by atoms with Crippen LogP contribution in [0.1, 0.15) is 12.2 Å². The fraction of sp³-hybridized carbons (Fsp3) is 0.500. The summed E-state index contributed by atoms with van der Waals surface area (Å²) in [5, 5.41) is 11.3. The zero-order valence-electron chi connectivity index (χ0n) is 5.56. The second-order valence-electron chi connectivity index (χ2n) is 2.29. The smallest absolute Gasteiger partial charge is 0.151 e. The van der Waals surface area contributed by atoms with Crippen LogP contribution in [0, 0.1) is 0 Å². The second kappa shape index (κ2) is 2.21. The number of allylic oxidation sites excluding steroid dienone is 2. The van der Waals surface area contributed by atoms with Crippen molar-refractivity contribution in [3.05, 3.63) is 18.0 Å². The molecule has 1 aliphatic rings. The van der Waals surface area contributed by atoms with Crippen LogP contribution in [0.2, 0.25) is 0 Å². The van der Waals surface area contributed by atoms with Gasteiger partial charge in [0.15, 0.2) is 5.82 Å². The highest BCUT2D eigenvalue weighted by atomic mass is 15.5. The molecule has 1 aromatic heterocycles. The first kappa shape index (κ1) is 5.58. The highest BCUT2D eigenvalue weighted by Gasteiger charge is 2.04. The quantitative estimate of drug-likeness (QED) is 0.478. The van der Waals surface area contributed by atoms with E-state index in [9.17, 15) is 0 Å². The summed E-state index contributed by atoms with van der Waals surface area (Å²) in [5.74, 6) is 0.991. The van der Waals surface area contributed by atoms with E-state index in [1.165, 1.54) is 0 Å². The van der Waals surface area contributed by atoms with Crippen molar-refractivity contribution in [1.29, 1.82) is 0 Å². The number of fused-ring (bicyclic) bond motifs is 1. The fourth-order valence-electron chi connectivity index (χ4n) is 1.05. The minimum absolute atomic E-state index is 0.822. The molecule has 52 valence electrons. The first-order chi connectivity index (χ1) is 4.97. The fourth-order valence-corrected chi connectivity index (χ4v) is 1.05. The number of nitrogens with zero attached hydrogens (tertiary/aromatic N) is 4. The molecule has 0 radical (unpaired) electrons. The third-order valence-electron chi connectivity index (χ3n) is 1.59. The van der Waals surface area contributed by atoms with Gasteiger partial charge >= 0.3 is 0 Å². The molecule has 4 nitrogen and oxygen atoms in total. The Morgan fingerprint density at radius 3 is 3.40 bits per heavy atom. The maximum atomic E-state index is 3.88. The SMILES string of the molecule is C1=CCn2nnnc2CC1. The molecule has 0 bridgehead atoms. The van der Waals surface area contributed by atoms with Gasteiger partial charge in [-0.3, -0.25) is 0 Å². The van der Waals surface area contributed by atoms with Crippen LogP contribution in [0.4, 0.5) is 0 Å². The summed E-state index contributed by atoms with van der Waals surface area (Å²) in [7, 11) is 0. The van der Waals surface area contributed by atoms with E-state index in [2.05, 4.69) is 27.7 Å². The van der Waals surface area contributed by atoms with Crippen LogP contribution in [-0.4, -0.2) is 20.2 Å². The Morgan fingerprint density at radius 2 is 2.40 bits per heavy atom. The first-order valence-corrected chi connectivity index (χ1v) is 3.37. The van der Waals surface area contributed by atoms with Crippen LogP contribution in [-0.2, 0) is 13.0 Å². The maximum absolute atomic E-state index is 3.88. The van der Waals surface area contributed by atoms with Gasteiger partial charge in [0, 0.05) is 6.42 Å². The number of aryl methyl sites for hydroxylation is 1. The molecule has 0 fully saturated rings. The van der Waals surface area contributed by atoms with Crippen LogP contribution in [0.15, 0.2) is 12.2 Å². The lowest BCUT2D eigenvalue weighted by molar-refractivity contribution is 0.637. The molecule has 10 heavy (non-hydrogen) atoms. The van der Waals surface area contributed by atoms with Crippen LogP contribution in [0.5, 0.6) is 0 Å². The van der Waals surface area contributed by atoms with E-state index in [4.69, 9.17) is 0 Å². The number of hydrogen-bond donors (Lipinski definition) is 0. The molecule has 0 aromatic carbocycles. The molecule has 0 N–H and O–H groups in total. The summed E-state index contributed by atoms with van der Waals surface area (Å²) >= 11 is 0. The summed E-state index contributed by atoms with van der Waals surface area (Å²) < 4.78 is 1.82. The maximum Gasteiger partial charge on any atom is 0.151 e. The lowest BCUT2D eigenvalue weighted by Gasteiger charge is -1.93. The number of rotatable bonds is 0. The van der Waals surface area contributed by atoms with Gasteiger partial charge in [-0.25, -0.2) is 4.68 Å². The molecular weight excluding hydrogens is 128 g/mol. The predicted molar refractivity (Wildman–Crippen MR) is 35.3 cm³/mol. The van der Waals surface area contributed by atoms with Gasteiger partial charge in [-0.1, -0.05) is 12.2 Å². The van der Waals surface area contributed by atoms with Crippen LogP contribution < -0.4 is 0 Å². The molecule has 0 unspecified atom stereocenters. The van der Waals surface area contributed by atoms with Crippen molar-refractivity contribution < 1.29 is 0 Å². The molecule has 0 saturated heterocycles. The monoisotopic (exact) mass is 136 g/mol. The Morgan fingerprint density at radius 1 is 1.40 bits per heavy atom. The Balaban J connectivity index is 2.37. The molecule has 1 aromatic rings. The first-order valence-electron chi connectivity index (χ1n) is 3.37. The average molecular weight is 136 g/mol. The standard InChI is InChI=1S/C6H8N4/c1-2-4-6-7-8-9-10(6)5-3-1/h1,3H,2,4-5H2. The molecule has 0 saturated carbocycles. The molecule has 1 aliphatic heterocycles. The van der Waals surface area contributed by atoms with Gasteiger partial charge < -0.3 is 0 Å². The van der Waals surface area contributed by atoms with E-state index < -0.39 is 0 Å². The lowest BCUT2D eigenvalue weighted by atomic mass is 10.3. The van der Waals surface area contributed by atoms with Crippen LogP contribution in [0.25, 0.3) is 0 Å². The average Bonchev–Trinajstić information content (AvgIpc) is 2.28. The molecule has 0 spiro atoms. The van der Waals surface area contributed by atoms with E-state index in [-0.39, 0.29) is 0 Å². The normalized spacial score (nSPS) is 16.4. The van der Waals surface area contributed by atoms with Gasteiger partial charge in [0.2, 0.25) is 0 Å². The number of hydrogen-bond acceptors (Lipinski definition) is 3. The van der Waals surface area contributed by atoms with E-state index in [0.29, 0.717) is 0 Å². The molecule has 0 amide bonds. The second-order valence-corrected chi connectivity index (χ2v) is 2.29. The van der Waals surface area contributed by atoms with E-state index in [1.54, 1.807) is 0 Å². The van der Waals surface area contributed by atoms with E-state index in [1.807, 2.05) is 4.68 Å². The van der Waals surface area contributed by atoms with Crippen molar-refractivity contribution in [3.8, 4) is 0 Å². The molecule has 2 rings (SSSR count). The molecule has 2 heterocycles. The van der Waals surface area contributed by atoms with Crippen molar-refractivity contribution in [3.63, 3.8) is 0 Å². The van der Waals surface area contributed by atoms with Crippen molar-refractivity contribution in [2.24, 2.45) is 0 Å². The van der Waals surface area contributed by atoms with Crippen molar-refractivity contribution in [1.82, 2.24) is 20.2 Å². The lowest BCUT2D eigenvalue weighted by Crippen LogP contribution is -2.01. The third kappa shape index (κ3) is 0.814. The van der Waals surface area contributed by atoms with Gasteiger partial charge in [-0.05, 0) is 16.8 Å². The zero-order chi connectivity index (χ0) is 6.81. The van der Waals surface area contributed by atoms with Crippen LogP contribution >= 0.6 is 0 Å². The summed E-state index contributed by atoms with van der Waals surface area (Å²) in [6, 6.07) is 0. The summed E-state index contributed by atoms with van der Waals surface area (Å²) in [6.45, 7) is 0.822. The summed E-state index contributed by atoms with van der Waals surface area (Å²) in [6.07, 6.45) is 6.26. The predicted octanol–water partition coefficient (Wildman–Crippen LogP) is 0.175. The van der Waals surface area contributed by atoms with Gasteiger partial charge in [-0.15, -0.1) is 5.10 Å². The third-order valence-corrected chi connectivity index (χ3v) is 1.59. The molecule has 0 atom stereocenters. The van der Waals surface area contributed by atoms with Crippen molar-refractivity contribution in [2.75, 3.05) is 0 Å². The highest BCUT2D eigenvalue weighted by molar-refractivity contribution is 4.94. The Bertz CT molecular complexity index is 250. The zero-order valence-corrected chi connectivity index (χ0v) is 5.56. The highest BCUT2D eigenvalue weighted by Crippen LogP contribution is 2.02. The molecular formula is C6H8N4. The summed E-state index contributed by atoms with van der Waals surface area (Å²) in [5.41, 5.74) is 0. The Hall–Kier alpha value is -1.19. The van der Waals surface area contributed by atoms with E-state index >= 15 is 0 Å². The van der Waals surface area contributed by atoms with Gasteiger partial charge in [0.25, 0.3) is 0 Å². The van der Waals surface area contributed by atoms with Crippen molar-refractivity contribution in [2.45, 2.75) is 19.4 Å². The van der Waals surface area contributed by atoms with Gasteiger partial charge in [0.05, 0.1) is 6.54 Å². The largest absolute Gasteiger partial charge is 0.226 e.